The Morgan fingerprint density at radius 1 is 1.47 bits per heavy atom. The molecule has 0 unspecified atom stereocenters. The Hall–Kier alpha value is -2.11. The lowest BCUT2D eigenvalue weighted by molar-refractivity contribution is -0.383. The van der Waals surface area contributed by atoms with Crippen molar-refractivity contribution >= 4 is 17.5 Å². The molecule has 0 heterocycles. The number of hydrogen-bond acceptors (Lipinski definition) is 4. The second kappa shape index (κ2) is 6.47. The van der Waals surface area contributed by atoms with Crippen molar-refractivity contribution < 1.29 is 14.5 Å². The van der Waals surface area contributed by atoms with E-state index in [1.807, 2.05) is 6.92 Å². The van der Waals surface area contributed by atoms with E-state index in [4.69, 9.17) is 4.74 Å². The van der Waals surface area contributed by atoms with Crippen LogP contribution in [0.15, 0.2) is 24.3 Å². The van der Waals surface area contributed by atoms with Crippen LogP contribution in [0.5, 0.6) is 0 Å². The fourth-order valence-electron chi connectivity index (χ4n) is 1.19. The second-order valence-corrected chi connectivity index (χ2v) is 3.39. The highest BCUT2D eigenvalue weighted by molar-refractivity contribution is 5.87. The number of rotatable bonds is 5. The molecule has 6 nitrogen and oxygen atoms in total. The Bertz CT molecular complexity index is 406. The molecule has 6 heteroatoms. The average Bonchev–Trinajstić information content (AvgIpc) is 2.29. The third-order valence-electron chi connectivity index (χ3n) is 2.07. The van der Waals surface area contributed by atoms with Gasteiger partial charge in [-0.05, 0) is 12.5 Å². The van der Waals surface area contributed by atoms with Crippen LogP contribution < -0.4 is 5.32 Å². The Balaban J connectivity index is 2.61. The molecule has 92 valence electrons. The largest absolute Gasteiger partial charge is 0.449 e. The first-order chi connectivity index (χ1) is 8.15. The van der Waals surface area contributed by atoms with E-state index >= 15 is 0 Å². The van der Waals surface area contributed by atoms with Crippen LogP contribution in [0.2, 0.25) is 0 Å². The van der Waals surface area contributed by atoms with Gasteiger partial charge in [0.25, 0.3) is 5.69 Å². The first-order valence-electron chi connectivity index (χ1n) is 5.32. The minimum Gasteiger partial charge on any atom is -0.449 e. The predicted molar refractivity (Wildman–Crippen MR) is 63.0 cm³/mol. The van der Waals surface area contributed by atoms with Crippen LogP contribution in [0.25, 0.3) is 0 Å². The Labute approximate surface area is 98.7 Å². The highest BCUT2D eigenvalue weighted by atomic mass is 16.6. The number of anilines is 1. The van der Waals surface area contributed by atoms with Crippen molar-refractivity contribution in [2.75, 3.05) is 11.9 Å². The van der Waals surface area contributed by atoms with E-state index in [1.54, 1.807) is 6.07 Å². The van der Waals surface area contributed by atoms with Gasteiger partial charge in [0.2, 0.25) is 0 Å². The van der Waals surface area contributed by atoms with Crippen molar-refractivity contribution in [3.8, 4) is 0 Å². The van der Waals surface area contributed by atoms with Crippen LogP contribution in [0.3, 0.4) is 0 Å². The lowest BCUT2D eigenvalue weighted by Crippen LogP contribution is -2.15. The van der Waals surface area contributed by atoms with Crippen LogP contribution in [-0.2, 0) is 4.74 Å². The average molecular weight is 238 g/mol. The van der Waals surface area contributed by atoms with Gasteiger partial charge in [-0.15, -0.1) is 0 Å². The minimum absolute atomic E-state index is 0.138. The maximum Gasteiger partial charge on any atom is 0.411 e. The van der Waals surface area contributed by atoms with E-state index < -0.39 is 11.0 Å². The summed E-state index contributed by atoms with van der Waals surface area (Å²) in [6.07, 6.45) is 1.01. The first kappa shape index (κ1) is 13.0. The van der Waals surface area contributed by atoms with Gasteiger partial charge in [0, 0.05) is 6.07 Å². The molecule has 0 saturated heterocycles. The van der Waals surface area contributed by atoms with Crippen molar-refractivity contribution in [1.82, 2.24) is 0 Å². The van der Waals surface area contributed by atoms with Gasteiger partial charge in [0.05, 0.1) is 11.5 Å². The van der Waals surface area contributed by atoms with E-state index in [-0.39, 0.29) is 11.4 Å². The number of nitrogens with one attached hydrogen (secondary N) is 1. The molecule has 0 aliphatic rings. The molecular formula is C11H14N2O4. The van der Waals surface area contributed by atoms with Gasteiger partial charge in [-0.1, -0.05) is 25.5 Å². The number of amides is 1. The van der Waals surface area contributed by atoms with Gasteiger partial charge >= 0.3 is 6.09 Å². The number of nitro groups is 1. The number of hydrogen-bond donors (Lipinski definition) is 1. The number of unbranched alkanes of at least 4 members (excludes halogenated alkanes) is 1. The number of nitro benzene ring substituents is 1. The van der Waals surface area contributed by atoms with Crippen LogP contribution in [-0.4, -0.2) is 17.6 Å². The number of ether oxygens (including phenoxy) is 1. The predicted octanol–water partition coefficient (Wildman–Crippen LogP) is 2.94. The SMILES string of the molecule is CCCCOC(=O)Nc1ccccc1[N+](=O)[O-]. The highest BCUT2D eigenvalue weighted by Crippen LogP contribution is 2.23. The fourth-order valence-corrected chi connectivity index (χ4v) is 1.19. The summed E-state index contributed by atoms with van der Waals surface area (Å²) in [5.41, 5.74) is -0.0149. The normalized spacial score (nSPS) is 9.71. The van der Waals surface area contributed by atoms with Crippen LogP contribution >= 0.6 is 0 Å². The molecule has 1 N–H and O–H groups in total. The summed E-state index contributed by atoms with van der Waals surface area (Å²) in [4.78, 5) is 21.4. The Morgan fingerprint density at radius 3 is 2.82 bits per heavy atom. The summed E-state index contributed by atoms with van der Waals surface area (Å²) in [7, 11) is 0. The van der Waals surface area contributed by atoms with E-state index in [0.29, 0.717) is 6.61 Å². The number of para-hydroxylation sites is 2. The van der Waals surface area contributed by atoms with Gasteiger partial charge in [-0.25, -0.2) is 4.79 Å². The van der Waals surface area contributed by atoms with Crippen LogP contribution in [0.4, 0.5) is 16.2 Å². The highest BCUT2D eigenvalue weighted by Gasteiger charge is 2.14. The molecule has 1 aromatic carbocycles. The third kappa shape index (κ3) is 4.10. The summed E-state index contributed by atoms with van der Waals surface area (Å²) in [6, 6.07) is 5.92. The summed E-state index contributed by atoms with van der Waals surface area (Å²) >= 11 is 0. The molecule has 1 aromatic rings. The summed E-state index contributed by atoms with van der Waals surface area (Å²) in [5, 5.41) is 13.0. The molecule has 0 aliphatic heterocycles. The molecule has 0 radical (unpaired) electrons. The number of nitrogens with zero attached hydrogens (tertiary/aromatic N) is 1. The molecule has 0 saturated carbocycles. The topological polar surface area (TPSA) is 81.5 Å². The summed E-state index contributed by atoms with van der Waals surface area (Å²) in [6.45, 7) is 2.28. The van der Waals surface area contributed by atoms with Crippen molar-refractivity contribution in [3.63, 3.8) is 0 Å². The molecule has 0 atom stereocenters. The fraction of sp³-hybridized carbons (Fsp3) is 0.364. The standard InChI is InChI=1S/C11H14N2O4/c1-2-3-8-17-11(14)12-9-6-4-5-7-10(9)13(15)16/h4-7H,2-3,8H2,1H3,(H,12,14). The van der Waals surface area contributed by atoms with Gasteiger partial charge in [-0.3, -0.25) is 15.4 Å². The van der Waals surface area contributed by atoms with Crippen LogP contribution in [0, 0.1) is 10.1 Å². The van der Waals surface area contributed by atoms with Crippen LogP contribution in [0.1, 0.15) is 19.8 Å². The Morgan fingerprint density at radius 2 is 2.18 bits per heavy atom. The molecule has 1 amide bonds. The van der Waals surface area contributed by atoms with E-state index in [0.717, 1.165) is 12.8 Å². The van der Waals surface area contributed by atoms with Crippen molar-refractivity contribution in [2.45, 2.75) is 19.8 Å². The molecule has 1 rings (SSSR count). The lowest BCUT2D eigenvalue weighted by Gasteiger charge is -2.06. The smallest absolute Gasteiger partial charge is 0.411 e. The van der Waals surface area contributed by atoms with Crippen molar-refractivity contribution in [3.05, 3.63) is 34.4 Å². The molecule has 0 fully saturated rings. The van der Waals surface area contributed by atoms with Gasteiger partial charge in [0.15, 0.2) is 0 Å². The lowest BCUT2D eigenvalue weighted by atomic mass is 10.3. The molecule has 0 aromatic heterocycles. The molecule has 0 bridgehead atoms. The van der Waals surface area contributed by atoms with E-state index in [9.17, 15) is 14.9 Å². The van der Waals surface area contributed by atoms with Gasteiger partial charge in [-0.2, -0.15) is 0 Å². The van der Waals surface area contributed by atoms with Gasteiger partial charge < -0.3 is 4.74 Å². The Kier molecular flexibility index (Phi) is 4.93. The maximum atomic E-state index is 11.3. The summed E-state index contributed by atoms with van der Waals surface area (Å²) < 4.78 is 4.85. The zero-order valence-electron chi connectivity index (χ0n) is 9.51. The molecule has 0 spiro atoms. The number of carbonyl (C=O) groups is 1. The number of carbonyl (C=O) groups excluding carboxylic acids is 1. The number of benzene rings is 1. The first-order valence-corrected chi connectivity index (χ1v) is 5.32. The van der Waals surface area contributed by atoms with Gasteiger partial charge in [0.1, 0.15) is 5.69 Å². The second-order valence-electron chi connectivity index (χ2n) is 3.39. The molecule has 0 aliphatic carbocycles. The quantitative estimate of drug-likeness (QED) is 0.485. The monoisotopic (exact) mass is 238 g/mol. The minimum atomic E-state index is -0.673. The zero-order valence-corrected chi connectivity index (χ0v) is 9.51. The zero-order chi connectivity index (χ0) is 12.7. The molecular weight excluding hydrogens is 224 g/mol. The van der Waals surface area contributed by atoms with Crippen molar-refractivity contribution in [2.24, 2.45) is 0 Å². The van der Waals surface area contributed by atoms with E-state index in [2.05, 4.69) is 5.32 Å². The molecule has 17 heavy (non-hydrogen) atoms. The van der Waals surface area contributed by atoms with Crippen molar-refractivity contribution in [1.29, 1.82) is 0 Å². The maximum absolute atomic E-state index is 11.3. The van der Waals surface area contributed by atoms with E-state index in [1.165, 1.54) is 18.2 Å². The summed E-state index contributed by atoms with van der Waals surface area (Å²) in [5.74, 6) is 0. The third-order valence-corrected chi connectivity index (χ3v) is 2.07.